The van der Waals surface area contributed by atoms with Gasteiger partial charge in [0.2, 0.25) is 0 Å². The van der Waals surface area contributed by atoms with Gasteiger partial charge in [0.15, 0.2) is 0 Å². The van der Waals surface area contributed by atoms with Gasteiger partial charge in [-0.3, -0.25) is 9.67 Å². The summed E-state index contributed by atoms with van der Waals surface area (Å²) in [6.07, 6.45) is 5.45. The highest BCUT2D eigenvalue weighted by Gasteiger charge is 2.19. The summed E-state index contributed by atoms with van der Waals surface area (Å²) < 4.78 is 3.02. The molecule has 4 nitrogen and oxygen atoms in total. The lowest BCUT2D eigenvalue weighted by Gasteiger charge is -2.18. The topological polar surface area (TPSA) is 42.7 Å². The zero-order chi connectivity index (χ0) is 12.3. The van der Waals surface area contributed by atoms with Crippen LogP contribution in [0.3, 0.4) is 0 Å². The van der Waals surface area contributed by atoms with E-state index in [1.54, 1.807) is 12.4 Å². The third-order valence-electron chi connectivity index (χ3n) is 2.73. The molecule has 2 rings (SSSR count). The van der Waals surface area contributed by atoms with Crippen LogP contribution >= 0.6 is 15.9 Å². The number of nitrogens with one attached hydrogen (secondary N) is 1. The lowest BCUT2D eigenvalue weighted by Crippen LogP contribution is -2.21. The van der Waals surface area contributed by atoms with E-state index in [1.165, 1.54) is 5.56 Å². The van der Waals surface area contributed by atoms with Crippen molar-refractivity contribution in [2.45, 2.75) is 19.5 Å². The zero-order valence-electron chi connectivity index (χ0n) is 9.89. The molecule has 0 saturated heterocycles. The number of hydrogen-bond donors (Lipinski definition) is 1. The molecule has 0 spiro atoms. The third-order valence-corrected chi connectivity index (χ3v) is 3.35. The maximum absolute atomic E-state index is 4.34. The molecule has 0 amide bonds. The molecule has 0 aliphatic heterocycles. The molecule has 0 bridgehead atoms. The minimum atomic E-state index is 0.120. The van der Waals surface area contributed by atoms with E-state index < -0.39 is 0 Å². The van der Waals surface area contributed by atoms with Crippen LogP contribution in [0.5, 0.6) is 0 Å². The van der Waals surface area contributed by atoms with Gasteiger partial charge in [-0.15, -0.1) is 0 Å². The van der Waals surface area contributed by atoms with E-state index in [-0.39, 0.29) is 6.04 Å². The Bertz CT molecular complexity index is 481. The standard InChI is InChI=1S/C12H15BrN4/c1-3-17-12(10(13)8-16-17)11(14-2)9-4-6-15-7-5-9/h4-8,11,14H,3H2,1-2H3. The van der Waals surface area contributed by atoms with E-state index in [0.29, 0.717) is 0 Å². The Hall–Kier alpha value is -1.20. The van der Waals surface area contributed by atoms with Crippen molar-refractivity contribution in [3.63, 3.8) is 0 Å². The van der Waals surface area contributed by atoms with Gasteiger partial charge in [-0.2, -0.15) is 5.10 Å². The average Bonchev–Trinajstić information content (AvgIpc) is 2.74. The molecule has 0 aliphatic rings. The van der Waals surface area contributed by atoms with Gasteiger partial charge in [-0.25, -0.2) is 0 Å². The van der Waals surface area contributed by atoms with Crippen LogP contribution in [0.15, 0.2) is 35.2 Å². The van der Waals surface area contributed by atoms with Crippen molar-refractivity contribution in [1.82, 2.24) is 20.1 Å². The smallest absolute Gasteiger partial charge is 0.0758 e. The number of halogens is 1. The van der Waals surface area contributed by atoms with Crippen molar-refractivity contribution in [2.24, 2.45) is 0 Å². The maximum Gasteiger partial charge on any atom is 0.0758 e. The van der Waals surface area contributed by atoms with E-state index in [9.17, 15) is 0 Å². The molecule has 2 heterocycles. The van der Waals surface area contributed by atoms with Gasteiger partial charge < -0.3 is 5.32 Å². The van der Waals surface area contributed by atoms with Crippen molar-refractivity contribution < 1.29 is 0 Å². The van der Waals surface area contributed by atoms with E-state index in [2.05, 4.69) is 38.3 Å². The van der Waals surface area contributed by atoms with Crippen LogP contribution in [-0.2, 0) is 6.54 Å². The Morgan fingerprint density at radius 3 is 2.71 bits per heavy atom. The molecule has 0 aliphatic carbocycles. The zero-order valence-corrected chi connectivity index (χ0v) is 11.5. The Labute approximate surface area is 109 Å². The third kappa shape index (κ3) is 2.40. The van der Waals surface area contributed by atoms with Crippen LogP contribution in [0.1, 0.15) is 24.2 Å². The molecule has 5 heteroatoms. The first-order valence-electron chi connectivity index (χ1n) is 5.56. The first-order valence-corrected chi connectivity index (χ1v) is 6.35. The summed E-state index contributed by atoms with van der Waals surface area (Å²) in [6.45, 7) is 2.94. The Kier molecular flexibility index (Phi) is 3.91. The minimum absolute atomic E-state index is 0.120. The second-order valence-electron chi connectivity index (χ2n) is 3.70. The summed E-state index contributed by atoms with van der Waals surface area (Å²) in [6, 6.07) is 4.15. The Morgan fingerprint density at radius 1 is 1.41 bits per heavy atom. The van der Waals surface area contributed by atoms with Crippen molar-refractivity contribution in [3.8, 4) is 0 Å². The van der Waals surface area contributed by atoms with Gasteiger partial charge in [-0.1, -0.05) is 0 Å². The van der Waals surface area contributed by atoms with Gasteiger partial charge in [-0.05, 0) is 47.6 Å². The van der Waals surface area contributed by atoms with Crippen LogP contribution in [0.4, 0.5) is 0 Å². The highest BCUT2D eigenvalue weighted by atomic mass is 79.9. The molecule has 17 heavy (non-hydrogen) atoms. The maximum atomic E-state index is 4.34. The molecule has 1 N–H and O–H groups in total. The van der Waals surface area contributed by atoms with Gasteiger partial charge in [0, 0.05) is 18.9 Å². The Morgan fingerprint density at radius 2 is 2.12 bits per heavy atom. The highest BCUT2D eigenvalue weighted by Crippen LogP contribution is 2.27. The van der Waals surface area contributed by atoms with E-state index in [4.69, 9.17) is 0 Å². The van der Waals surface area contributed by atoms with E-state index in [1.807, 2.05) is 30.1 Å². The summed E-state index contributed by atoms with van der Waals surface area (Å²) in [5.74, 6) is 0. The normalized spacial score (nSPS) is 12.6. The molecule has 2 aromatic heterocycles. The fraction of sp³-hybridized carbons (Fsp3) is 0.333. The predicted octanol–water partition coefficient (Wildman–Crippen LogP) is 2.37. The summed E-state index contributed by atoms with van der Waals surface area (Å²) in [7, 11) is 1.95. The summed E-state index contributed by atoms with van der Waals surface area (Å²) in [5, 5.41) is 7.66. The molecule has 0 fully saturated rings. The fourth-order valence-electron chi connectivity index (χ4n) is 1.93. The average molecular weight is 295 g/mol. The van der Waals surface area contributed by atoms with Crippen LogP contribution < -0.4 is 5.32 Å². The molecule has 0 radical (unpaired) electrons. The molecule has 90 valence electrons. The number of pyridine rings is 1. The van der Waals surface area contributed by atoms with Crippen molar-refractivity contribution in [2.75, 3.05) is 7.05 Å². The molecule has 1 atom stereocenters. The molecular formula is C12H15BrN4. The van der Waals surface area contributed by atoms with Crippen molar-refractivity contribution in [1.29, 1.82) is 0 Å². The number of rotatable bonds is 4. The fourth-order valence-corrected chi connectivity index (χ4v) is 2.45. The van der Waals surface area contributed by atoms with Gasteiger partial charge in [0.25, 0.3) is 0 Å². The number of hydrogen-bond acceptors (Lipinski definition) is 3. The van der Waals surface area contributed by atoms with Gasteiger partial charge in [0.05, 0.1) is 22.4 Å². The van der Waals surface area contributed by atoms with Gasteiger partial charge >= 0.3 is 0 Å². The van der Waals surface area contributed by atoms with E-state index >= 15 is 0 Å². The highest BCUT2D eigenvalue weighted by molar-refractivity contribution is 9.10. The minimum Gasteiger partial charge on any atom is -0.308 e. The summed E-state index contributed by atoms with van der Waals surface area (Å²) in [5.41, 5.74) is 2.32. The van der Waals surface area contributed by atoms with Crippen LogP contribution in [0, 0.1) is 0 Å². The number of aryl methyl sites for hydroxylation is 1. The monoisotopic (exact) mass is 294 g/mol. The molecule has 0 saturated carbocycles. The quantitative estimate of drug-likeness (QED) is 0.941. The van der Waals surface area contributed by atoms with Crippen LogP contribution in [0.2, 0.25) is 0 Å². The second-order valence-corrected chi connectivity index (χ2v) is 4.55. The van der Waals surface area contributed by atoms with E-state index in [0.717, 1.165) is 16.7 Å². The largest absolute Gasteiger partial charge is 0.308 e. The molecular weight excluding hydrogens is 280 g/mol. The van der Waals surface area contributed by atoms with Crippen molar-refractivity contribution in [3.05, 3.63) is 46.5 Å². The molecule has 1 unspecified atom stereocenters. The lowest BCUT2D eigenvalue weighted by atomic mass is 10.1. The van der Waals surface area contributed by atoms with Gasteiger partial charge in [0.1, 0.15) is 0 Å². The molecule has 0 aromatic carbocycles. The number of aromatic nitrogens is 3. The molecule has 2 aromatic rings. The van der Waals surface area contributed by atoms with Crippen LogP contribution in [-0.4, -0.2) is 21.8 Å². The van der Waals surface area contributed by atoms with Crippen LogP contribution in [0.25, 0.3) is 0 Å². The predicted molar refractivity (Wildman–Crippen MR) is 70.7 cm³/mol. The van der Waals surface area contributed by atoms with Crippen molar-refractivity contribution >= 4 is 15.9 Å². The first kappa shape index (κ1) is 12.3. The Balaban J connectivity index is 2.45. The lowest BCUT2D eigenvalue weighted by molar-refractivity contribution is 0.561. The second kappa shape index (κ2) is 5.42. The SMILES string of the molecule is CCn1ncc(Br)c1C(NC)c1ccncc1. The first-order chi connectivity index (χ1) is 8.27. The summed E-state index contributed by atoms with van der Waals surface area (Å²) >= 11 is 3.56. The summed E-state index contributed by atoms with van der Waals surface area (Å²) in [4.78, 5) is 4.05. The number of nitrogens with zero attached hydrogens (tertiary/aromatic N) is 3.